The summed E-state index contributed by atoms with van der Waals surface area (Å²) in [5.41, 5.74) is 9.09. The number of hydrogen-bond acceptors (Lipinski definition) is 3. The maximum Gasteiger partial charge on any atom is 0.143 e. The molecule has 0 saturated carbocycles. The van der Waals surface area contributed by atoms with Crippen LogP contribution in [0.2, 0.25) is 0 Å². The van der Waals surface area contributed by atoms with Gasteiger partial charge in [0.15, 0.2) is 0 Å². The molecule has 1 aromatic heterocycles. The first-order valence-corrected chi connectivity index (χ1v) is 6.91. The lowest BCUT2D eigenvalue weighted by Gasteiger charge is -2.04. The summed E-state index contributed by atoms with van der Waals surface area (Å²) >= 11 is 0. The largest absolute Gasteiger partial charge is 0.399 e. The molecule has 2 N–H and O–H groups in total. The number of pyridine rings is 1. The lowest BCUT2D eigenvalue weighted by Crippen LogP contribution is -2.08. The Morgan fingerprint density at radius 3 is 2.67 bits per heavy atom. The van der Waals surface area contributed by atoms with Crippen molar-refractivity contribution in [3.05, 3.63) is 71.9 Å². The first-order valence-electron chi connectivity index (χ1n) is 6.91. The van der Waals surface area contributed by atoms with E-state index in [9.17, 15) is 4.79 Å². The molecule has 21 heavy (non-hydrogen) atoms. The number of anilines is 1. The fourth-order valence-electron chi connectivity index (χ4n) is 2.40. The van der Waals surface area contributed by atoms with Crippen LogP contribution in [0.1, 0.15) is 11.3 Å². The first kappa shape index (κ1) is 13.3. The number of carbonyl (C=O) groups excluding carboxylic acids is 1. The van der Waals surface area contributed by atoms with Crippen molar-refractivity contribution in [2.45, 2.75) is 12.8 Å². The second kappa shape index (κ2) is 5.75. The van der Waals surface area contributed by atoms with Crippen LogP contribution in [0.3, 0.4) is 0 Å². The predicted molar refractivity (Wildman–Crippen MR) is 85.0 cm³/mol. The molecule has 0 aliphatic rings. The van der Waals surface area contributed by atoms with Gasteiger partial charge in [0.2, 0.25) is 0 Å². The van der Waals surface area contributed by atoms with Gasteiger partial charge in [-0.1, -0.05) is 36.4 Å². The highest BCUT2D eigenvalue weighted by Gasteiger charge is 2.07. The number of nitrogen functional groups attached to an aromatic ring is 1. The molecule has 0 aliphatic heterocycles. The van der Waals surface area contributed by atoms with Crippen LogP contribution in [-0.2, 0) is 17.6 Å². The van der Waals surface area contributed by atoms with Gasteiger partial charge in [-0.25, -0.2) is 0 Å². The van der Waals surface area contributed by atoms with E-state index in [1.165, 1.54) is 0 Å². The molecule has 3 heteroatoms. The average Bonchev–Trinajstić information content (AvgIpc) is 2.47. The Labute approximate surface area is 123 Å². The van der Waals surface area contributed by atoms with E-state index >= 15 is 0 Å². The zero-order valence-electron chi connectivity index (χ0n) is 11.6. The number of nitrogens with two attached hydrogens (primary N) is 1. The van der Waals surface area contributed by atoms with Gasteiger partial charge in [-0.2, -0.15) is 0 Å². The third kappa shape index (κ3) is 3.26. The third-order valence-corrected chi connectivity index (χ3v) is 3.39. The second-order valence-electron chi connectivity index (χ2n) is 5.13. The maximum absolute atomic E-state index is 12.1. The number of aromatic nitrogens is 1. The molecule has 0 amide bonds. The zero-order chi connectivity index (χ0) is 14.7. The van der Waals surface area contributed by atoms with E-state index in [1.807, 2.05) is 60.7 Å². The summed E-state index contributed by atoms with van der Waals surface area (Å²) < 4.78 is 0. The fourth-order valence-corrected chi connectivity index (χ4v) is 2.40. The Hall–Kier alpha value is -2.68. The van der Waals surface area contributed by atoms with Crippen LogP contribution in [0.25, 0.3) is 10.9 Å². The van der Waals surface area contributed by atoms with Crippen LogP contribution in [0, 0.1) is 0 Å². The number of para-hydroxylation sites is 1. The Kier molecular flexibility index (Phi) is 3.65. The van der Waals surface area contributed by atoms with Crippen LogP contribution >= 0.6 is 0 Å². The molecule has 1 heterocycles. The molecule has 0 atom stereocenters. The molecule has 0 saturated heterocycles. The topological polar surface area (TPSA) is 56.0 Å². The van der Waals surface area contributed by atoms with E-state index in [0.29, 0.717) is 18.5 Å². The van der Waals surface area contributed by atoms with Crippen LogP contribution < -0.4 is 5.73 Å². The molecular weight excluding hydrogens is 260 g/mol. The minimum Gasteiger partial charge on any atom is -0.399 e. The molecule has 3 aromatic rings. The Balaban J connectivity index is 1.74. The molecule has 0 bridgehead atoms. The molecular formula is C18H16N2O. The highest BCUT2D eigenvalue weighted by molar-refractivity contribution is 5.84. The molecule has 104 valence electrons. The predicted octanol–water partition coefficient (Wildman–Crippen LogP) is 3.17. The van der Waals surface area contributed by atoms with Gasteiger partial charge in [0.1, 0.15) is 5.78 Å². The van der Waals surface area contributed by atoms with E-state index in [0.717, 1.165) is 22.2 Å². The number of nitrogens with zero attached hydrogens (tertiary/aromatic N) is 1. The maximum atomic E-state index is 12.1. The molecule has 0 fully saturated rings. The molecule has 2 aromatic carbocycles. The van der Waals surface area contributed by atoms with Gasteiger partial charge >= 0.3 is 0 Å². The summed E-state index contributed by atoms with van der Waals surface area (Å²) in [6, 6.07) is 19.3. The molecule has 3 rings (SSSR count). The summed E-state index contributed by atoms with van der Waals surface area (Å²) in [6.07, 6.45) is 0.735. The summed E-state index contributed by atoms with van der Waals surface area (Å²) in [4.78, 5) is 16.7. The van der Waals surface area contributed by atoms with Crippen molar-refractivity contribution in [3.8, 4) is 0 Å². The number of ketones is 1. The highest BCUT2D eigenvalue weighted by Crippen LogP contribution is 2.13. The summed E-state index contributed by atoms with van der Waals surface area (Å²) in [7, 11) is 0. The second-order valence-corrected chi connectivity index (χ2v) is 5.13. The molecule has 0 radical (unpaired) electrons. The minimum atomic E-state index is 0.142. The Bertz CT molecular complexity index is 796. The van der Waals surface area contributed by atoms with E-state index in [1.54, 1.807) is 0 Å². The summed E-state index contributed by atoms with van der Waals surface area (Å²) in [6.45, 7) is 0. The van der Waals surface area contributed by atoms with E-state index < -0.39 is 0 Å². The van der Waals surface area contributed by atoms with Gasteiger partial charge in [-0.3, -0.25) is 9.78 Å². The number of fused-ring (bicyclic) bond motifs is 1. The van der Waals surface area contributed by atoms with Crippen molar-refractivity contribution >= 4 is 22.4 Å². The highest BCUT2D eigenvalue weighted by atomic mass is 16.1. The van der Waals surface area contributed by atoms with Crippen LogP contribution in [-0.4, -0.2) is 10.8 Å². The zero-order valence-corrected chi connectivity index (χ0v) is 11.6. The summed E-state index contributed by atoms with van der Waals surface area (Å²) in [5, 5.41) is 1.09. The van der Waals surface area contributed by atoms with E-state index in [4.69, 9.17) is 5.73 Å². The lowest BCUT2D eigenvalue weighted by molar-refractivity contribution is -0.117. The molecule has 0 spiro atoms. The van der Waals surface area contributed by atoms with Gasteiger partial charge in [-0.05, 0) is 29.8 Å². The van der Waals surface area contributed by atoms with Crippen molar-refractivity contribution in [3.63, 3.8) is 0 Å². The van der Waals surface area contributed by atoms with Crippen molar-refractivity contribution in [2.75, 3.05) is 5.73 Å². The molecule has 0 aliphatic carbocycles. The van der Waals surface area contributed by atoms with Crippen molar-refractivity contribution in [1.82, 2.24) is 4.98 Å². The van der Waals surface area contributed by atoms with Crippen LogP contribution in [0.4, 0.5) is 5.69 Å². The SMILES string of the molecule is Nc1cccc(CC(=O)Cc2ccc3ccccc3n2)c1. The smallest absolute Gasteiger partial charge is 0.143 e. The average molecular weight is 276 g/mol. The Morgan fingerprint density at radius 1 is 0.952 bits per heavy atom. The first-order chi connectivity index (χ1) is 10.2. The standard InChI is InChI=1S/C18H16N2O/c19-15-6-3-4-13(10-15)11-17(21)12-16-9-8-14-5-1-2-7-18(14)20-16/h1-10H,11-12,19H2. The number of rotatable bonds is 4. The molecule has 3 nitrogen and oxygen atoms in total. The number of hydrogen-bond donors (Lipinski definition) is 1. The number of carbonyl (C=O) groups is 1. The van der Waals surface area contributed by atoms with Gasteiger partial charge in [0, 0.05) is 29.6 Å². The van der Waals surface area contributed by atoms with Gasteiger partial charge < -0.3 is 5.73 Å². The van der Waals surface area contributed by atoms with Crippen LogP contribution in [0.5, 0.6) is 0 Å². The summed E-state index contributed by atoms with van der Waals surface area (Å²) in [5.74, 6) is 0.142. The van der Waals surface area contributed by atoms with Gasteiger partial charge in [0.05, 0.1) is 5.52 Å². The van der Waals surface area contributed by atoms with Gasteiger partial charge in [0.25, 0.3) is 0 Å². The fraction of sp³-hybridized carbons (Fsp3) is 0.111. The number of benzene rings is 2. The monoisotopic (exact) mass is 276 g/mol. The minimum absolute atomic E-state index is 0.142. The quantitative estimate of drug-likeness (QED) is 0.745. The Morgan fingerprint density at radius 2 is 1.81 bits per heavy atom. The van der Waals surface area contributed by atoms with Crippen LogP contribution in [0.15, 0.2) is 60.7 Å². The van der Waals surface area contributed by atoms with Crippen molar-refractivity contribution in [2.24, 2.45) is 0 Å². The van der Waals surface area contributed by atoms with Gasteiger partial charge in [-0.15, -0.1) is 0 Å². The normalized spacial score (nSPS) is 10.7. The lowest BCUT2D eigenvalue weighted by atomic mass is 10.0. The third-order valence-electron chi connectivity index (χ3n) is 3.39. The molecule has 0 unspecified atom stereocenters. The van der Waals surface area contributed by atoms with E-state index in [2.05, 4.69) is 4.98 Å². The van der Waals surface area contributed by atoms with Crippen molar-refractivity contribution < 1.29 is 4.79 Å². The van der Waals surface area contributed by atoms with E-state index in [-0.39, 0.29) is 5.78 Å². The number of Topliss-reactive ketones (excluding diaryl/α,β-unsaturated/α-hetero) is 1. The van der Waals surface area contributed by atoms with Crippen molar-refractivity contribution in [1.29, 1.82) is 0 Å².